The molecule has 0 rings (SSSR count). The normalized spacial score (nSPS) is 12.3. The summed E-state index contributed by atoms with van der Waals surface area (Å²) in [5.41, 5.74) is 0. The SMILES string of the molecule is CCCC(CC/C=C/C(=O)NCCCCNC(C)=O)OC. The summed E-state index contributed by atoms with van der Waals surface area (Å²) < 4.78 is 5.35. The highest BCUT2D eigenvalue weighted by molar-refractivity contribution is 5.87. The van der Waals surface area contributed by atoms with Crippen molar-refractivity contribution in [1.82, 2.24) is 10.6 Å². The van der Waals surface area contributed by atoms with E-state index in [1.807, 2.05) is 6.08 Å². The van der Waals surface area contributed by atoms with Gasteiger partial charge in [0, 0.05) is 27.1 Å². The van der Waals surface area contributed by atoms with Crippen LogP contribution in [-0.4, -0.2) is 38.1 Å². The molecule has 0 saturated carbocycles. The predicted octanol–water partition coefficient (Wildman–Crippen LogP) is 2.17. The zero-order chi connectivity index (χ0) is 15.9. The van der Waals surface area contributed by atoms with E-state index < -0.39 is 0 Å². The second-order valence-corrected chi connectivity index (χ2v) is 5.11. The van der Waals surface area contributed by atoms with E-state index >= 15 is 0 Å². The third kappa shape index (κ3) is 13.4. The number of amides is 2. The first-order valence-electron chi connectivity index (χ1n) is 7.81. The van der Waals surface area contributed by atoms with Crippen molar-refractivity contribution < 1.29 is 14.3 Å². The fourth-order valence-corrected chi connectivity index (χ4v) is 1.96. The molecule has 2 amide bonds. The van der Waals surface area contributed by atoms with Gasteiger partial charge < -0.3 is 15.4 Å². The number of unbranched alkanes of at least 4 members (excludes halogenated alkanes) is 1. The van der Waals surface area contributed by atoms with Gasteiger partial charge in [-0.2, -0.15) is 0 Å². The standard InChI is InChI=1S/C16H30N2O3/c1-4-9-15(21-3)10-5-6-11-16(20)18-13-8-7-12-17-14(2)19/h6,11,15H,4-5,7-10,12-13H2,1-3H3,(H,17,19)(H,18,20)/b11-6+. The highest BCUT2D eigenvalue weighted by Gasteiger charge is 2.03. The van der Waals surface area contributed by atoms with Crippen LogP contribution in [0.5, 0.6) is 0 Å². The van der Waals surface area contributed by atoms with Crippen LogP contribution in [0, 0.1) is 0 Å². The van der Waals surface area contributed by atoms with Gasteiger partial charge in [-0.3, -0.25) is 9.59 Å². The van der Waals surface area contributed by atoms with Crippen LogP contribution in [0.4, 0.5) is 0 Å². The van der Waals surface area contributed by atoms with Gasteiger partial charge in [0.15, 0.2) is 0 Å². The largest absolute Gasteiger partial charge is 0.381 e. The first kappa shape index (κ1) is 19.6. The molecule has 5 heteroatoms. The van der Waals surface area contributed by atoms with Crippen molar-refractivity contribution >= 4 is 11.8 Å². The minimum atomic E-state index is -0.0565. The van der Waals surface area contributed by atoms with Crippen molar-refractivity contribution in [1.29, 1.82) is 0 Å². The fourth-order valence-electron chi connectivity index (χ4n) is 1.96. The van der Waals surface area contributed by atoms with Crippen molar-refractivity contribution in [3.05, 3.63) is 12.2 Å². The Kier molecular flexibility index (Phi) is 12.7. The van der Waals surface area contributed by atoms with Gasteiger partial charge in [0.25, 0.3) is 0 Å². The predicted molar refractivity (Wildman–Crippen MR) is 85.0 cm³/mol. The van der Waals surface area contributed by atoms with Gasteiger partial charge in [0.05, 0.1) is 6.10 Å². The van der Waals surface area contributed by atoms with Crippen LogP contribution in [0.3, 0.4) is 0 Å². The number of carbonyl (C=O) groups is 2. The smallest absolute Gasteiger partial charge is 0.243 e. The Balaban J connectivity index is 3.56. The van der Waals surface area contributed by atoms with E-state index in [9.17, 15) is 9.59 Å². The maximum Gasteiger partial charge on any atom is 0.243 e. The second kappa shape index (κ2) is 13.6. The maximum atomic E-state index is 11.5. The van der Waals surface area contributed by atoms with Crippen LogP contribution in [0.1, 0.15) is 52.4 Å². The molecule has 0 aromatic heterocycles. The number of hydrogen-bond acceptors (Lipinski definition) is 3. The van der Waals surface area contributed by atoms with Crippen LogP contribution in [0.15, 0.2) is 12.2 Å². The lowest BCUT2D eigenvalue weighted by atomic mass is 10.1. The Hall–Kier alpha value is -1.36. The molecular weight excluding hydrogens is 268 g/mol. The molecule has 0 spiro atoms. The lowest BCUT2D eigenvalue weighted by Gasteiger charge is -2.12. The molecule has 0 aliphatic carbocycles. The molecule has 0 aliphatic heterocycles. The van der Waals surface area contributed by atoms with E-state index in [-0.39, 0.29) is 17.9 Å². The van der Waals surface area contributed by atoms with Gasteiger partial charge in [0.1, 0.15) is 0 Å². The minimum Gasteiger partial charge on any atom is -0.381 e. The van der Waals surface area contributed by atoms with Gasteiger partial charge in [0.2, 0.25) is 11.8 Å². The third-order valence-corrected chi connectivity index (χ3v) is 3.15. The van der Waals surface area contributed by atoms with E-state index in [1.165, 1.54) is 6.92 Å². The fraction of sp³-hybridized carbons (Fsp3) is 0.750. The van der Waals surface area contributed by atoms with E-state index in [0.29, 0.717) is 13.1 Å². The molecular formula is C16H30N2O3. The molecule has 122 valence electrons. The molecule has 21 heavy (non-hydrogen) atoms. The monoisotopic (exact) mass is 298 g/mol. The quantitative estimate of drug-likeness (QED) is 0.428. The van der Waals surface area contributed by atoms with Gasteiger partial charge >= 0.3 is 0 Å². The average Bonchev–Trinajstić information content (AvgIpc) is 2.45. The Morgan fingerprint density at radius 2 is 1.81 bits per heavy atom. The van der Waals surface area contributed by atoms with E-state index in [4.69, 9.17) is 4.74 Å². The minimum absolute atomic E-state index is 0.0144. The number of rotatable bonds is 12. The molecule has 0 heterocycles. The van der Waals surface area contributed by atoms with Crippen LogP contribution in [0.2, 0.25) is 0 Å². The zero-order valence-electron chi connectivity index (χ0n) is 13.6. The van der Waals surface area contributed by atoms with Crippen molar-refractivity contribution in [2.24, 2.45) is 0 Å². The summed E-state index contributed by atoms with van der Waals surface area (Å²) in [7, 11) is 1.73. The topological polar surface area (TPSA) is 67.4 Å². The Bertz CT molecular complexity index is 317. The molecule has 1 unspecified atom stereocenters. The van der Waals surface area contributed by atoms with E-state index in [1.54, 1.807) is 13.2 Å². The number of allylic oxidation sites excluding steroid dienone is 1. The molecule has 0 bridgehead atoms. The Labute approximate surface area is 128 Å². The van der Waals surface area contributed by atoms with Crippen LogP contribution in [0.25, 0.3) is 0 Å². The number of hydrogen-bond donors (Lipinski definition) is 2. The molecule has 2 N–H and O–H groups in total. The number of ether oxygens (including phenoxy) is 1. The Morgan fingerprint density at radius 3 is 2.38 bits per heavy atom. The number of methoxy groups -OCH3 is 1. The summed E-state index contributed by atoms with van der Waals surface area (Å²) in [6.07, 6.45) is 9.49. The third-order valence-electron chi connectivity index (χ3n) is 3.15. The highest BCUT2D eigenvalue weighted by atomic mass is 16.5. The summed E-state index contributed by atoms with van der Waals surface area (Å²) in [5.74, 6) is -0.0709. The first-order valence-corrected chi connectivity index (χ1v) is 7.81. The van der Waals surface area contributed by atoms with Gasteiger partial charge in [-0.25, -0.2) is 0 Å². The van der Waals surface area contributed by atoms with Gasteiger partial charge in [-0.05, 0) is 38.2 Å². The molecule has 0 aliphatic rings. The van der Waals surface area contributed by atoms with E-state index in [2.05, 4.69) is 17.6 Å². The van der Waals surface area contributed by atoms with Crippen molar-refractivity contribution in [3.8, 4) is 0 Å². The average molecular weight is 298 g/mol. The molecule has 1 atom stereocenters. The van der Waals surface area contributed by atoms with Crippen LogP contribution in [-0.2, 0) is 14.3 Å². The van der Waals surface area contributed by atoms with Crippen molar-refractivity contribution in [2.75, 3.05) is 20.2 Å². The molecule has 0 aromatic rings. The first-order chi connectivity index (χ1) is 10.1. The highest BCUT2D eigenvalue weighted by Crippen LogP contribution is 2.08. The summed E-state index contributed by atoms with van der Waals surface area (Å²) in [5, 5.41) is 5.55. The summed E-state index contributed by atoms with van der Waals surface area (Å²) >= 11 is 0. The molecule has 0 saturated heterocycles. The molecule has 5 nitrogen and oxygen atoms in total. The van der Waals surface area contributed by atoms with Gasteiger partial charge in [-0.15, -0.1) is 0 Å². The molecule has 0 aromatic carbocycles. The van der Waals surface area contributed by atoms with Crippen LogP contribution >= 0.6 is 0 Å². The summed E-state index contributed by atoms with van der Waals surface area (Å²) in [4.78, 5) is 22.2. The summed E-state index contributed by atoms with van der Waals surface area (Å²) in [6, 6.07) is 0. The number of carbonyl (C=O) groups excluding carboxylic acids is 2. The van der Waals surface area contributed by atoms with E-state index in [0.717, 1.165) is 38.5 Å². The second-order valence-electron chi connectivity index (χ2n) is 5.11. The maximum absolute atomic E-state index is 11.5. The zero-order valence-corrected chi connectivity index (χ0v) is 13.6. The van der Waals surface area contributed by atoms with Crippen LogP contribution < -0.4 is 10.6 Å². The van der Waals surface area contributed by atoms with Crippen molar-refractivity contribution in [3.63, 3.8) is 0 Å². The summed E-state index contributed by atoms with van der Waals surface area (Å²) in [6.45, 7) is 4.94. The molecule has 0 radical (unpaired) electrons. The lowest BCUT2D eigenvalue weighted by molar-refractivity contribution is -0.119. The lowest BCUT2D eigenvalue weighted by Crippen LogP contribution is -2.25. The van der Waals surface area contributed by atoms with Gasteiger partial charge in [-0.1, -0.05) is 19.4 Å². The van der Waals surface area contributed by atoms with Crippen molar-refractivity contribution in [2.45, 2.75) is 58.5 Å². The Morgan fingerprint density at radius 1 is 1.14 bits per heavy atom. The number of nitrogens with one attached hydrogen (secondary N) is 2. The molecule has 0 fully saturated rings.